The third-order valence-electron chi connectivity index (χ3n) is 2.85. The van der Waals surface area contributed by atoms with E-state index in [4.69, 9.17) is 5.84 Å². The Morgan fingerprint density at radius 1 is 1.40 bits per heavy atom. The van der Waals surface area contributed by atoms with E-state index in [0.717, 1.165) is 12.5 Å². The topological polar surface area (TPSA) is 53.6 Å². The number of nitrogens with two attached hydrogens (primary N) is 1. The summed E-state index contributed by atoms with van der Waals surface area (Å²) in [7, 11) is 0. The third kappa shape index (κ3) is 3.09. The van der Waals surface area contributed by atoms with Gasteiger partial charge in [0.1, 0.15) is 0 Å². The van der Waals surface area contributed by atoms with Gasteiger partial charge < -0.3 is 4.90 Å². The Balaban J connectivity index is 2.75. The molecule has 88 valence electrons. The van der Waals surface area contributed by atoms with Crippen LogP contribution in [0.3, 0.4) is 0 Å². The van der Waals surface area contributed by atoms with Crippen LogP contribution in [0.15, 0.2) is 4.99 Å². The van der Waals surface area contributed by atoms with E-state index in [2.05, 4.69) is 43.0 Å². The molecular formula is C11H24N4. The maximum Gasteiger partial charge on any atom is 0.208 e. The van der Waals surface area contributed by atoms with Crippen LogP contribution in [0.25, 0.3) is 0 Å². The molecule has 0 aromatic carbocycles. The summed E-state index contributed by atoms with van der Waals surface area (Å²) >= 11 is 0. The predicted molar refractivity (Wildman–Crippen MR) is 64.5 cm³/mol. The molecule has 0 aromatic heterocycles. The van der Waals surface area contributed by atoms with E-state index in [1.165, 1.54) is 12.8 Å². The Hall–Kier alpha value is -0.770. The highest BCUT2D eigenvalue weighted by atomic mass is 15.4. The lowest BCUT2D eigenvalue weighted by Gasteiger charge is -2.30. The summed E-state index contributed by atoms with van der Waals surface area (Å²) in [6.07, 6.45) is 2.48. The van der Waals surface area contributed by atoms with Crippen LogP contribution in [-0.2, 0) is 0 Å². The van der Waals surface area contributed by atoms with Gasteiger partial charge in [-0.1, -0.05) is 13.8 Å². The first kappa shape index (κ1) is 12.3. The van der Waals surface area contributed by atoms with Crippen molar-refractivity contribution in [1.29, 1.82) is 0 Å². The fourth-order valence-electron chi connectivity index (χ4n) is 2.19. The first-order chi connectivity index (χ1) is 7.06. The van der Waals surface area contributed by atoms with Gasteiger partial charge in [-0.3, -0.25) is 5.43 Å². The van der Waals surface area contributed by atoms with E-state index in [0.29, 0.717) is 12.0 Å². The minimum atomic E-state index is 0.282. The number of hydrazine groups is 1. The van der Waals surface area contributed by atoms with Crippen LogP contribution in [0.4, 0.5) is 0 Å². The Bertz CT molecular complexity index is 223. The average Bonchev–Trinajstić information content (AvgIpc) is 2.62. The van der Waals surface area contributed by atoms with E-state index in [1.54, 1.807) is 0 Å². The van der Waals surface area contributed by atoms with Crippen molar-refractivity contribution in [2.75, 3.05) is 6.54 Å². The quantitative estimate of drug-likeness (QED) is 0.314. The summed E-state index contributed by atoms with van der Waals surface area (Å²) < 4.78 is 0. The van der Waals surface area contributed by atoms with Crippen molar-refractivity contribution in [3.8, 4) is 0 Å². The van der Waals surface area contributed by atoms with E-state index < -0.39 is 0 Å². The summed E-state index contributed by atoms with van der Waals surface area (Å²) in [5.74, 6) is 7.04. The molecule has 0 aliphatic carbocycles. The van der Waals surface area contributed by atoms with E-state index in [-0.39, 0.29) is 6.04 Å². The third-order valence-corrected chi connectivity index (χ3v) is 2.85. The molecule has 0 saturated carbocycles. The smallest absolute Gasteiger partial charge is 0.208 e. The zero-order valence-electron chi connectivity index (χ0n) is 10.3. The molecular weight excluding hydrogens is 188 g/mol. The van der Waals surface area contributed by atoms with Crippen LogP contribution in [0.5, 0.6) is 0 Å². The van der Waals surface area contributed by atoms with Crippen LogP contribution in [0.2, 0.25) is 0 Å². The summed E-state index contributed by atoms with van der Waals surface area (Å²) in [5.41, 5.74) is 2.74. The van der Waals surface area contributed by atoms with Crippen molar-refractivity contribution in [3.05, 3.63) is 0 Å². The second kappa shape index (κ2) is 5.35. The van der Waals surface area contributed by atoms with Crippen LogP contribution in [-0.4, -0.2) is 29.5 Å². The predicted octanol–water partition coefficient (Wildman–Crippen LogP) is 1.33. The van der Waals surface area contributed by atoms with Gasteiger partial charge in [-0.25, -0.2) is 10.8 Å². The standard InChI is InChI=1S/C11H24N4/c1-8(2)10-6-5-7-15(10)11(14-12)13-9(3)4/h8-10H,5-7,12H2,1-4H3,(H,13,14). The monoisotopic (exact) mass is 212 g/mol. The van der Waals surface area contributed by atoms with Gasteiger partial charge in [0.2, 0.25) is 5.96 Å². The van der Waals surface area contributed by atoms with Gasteiger partial charge in [0.05, 0.1) is 0 Å². The van der Waals surface area contributed by atoms with Crippen LogP contribution in [0.1, 0.15) is 40.5 Å². The van der Waals surface area contributed by atoms with Gasteiger partial charge in [-0.15, -0.1) is 0 Å². The Morgan fingerprint density at radius 2 is 2.07 bits per heavy atom. The number of likely N-dealkylation sites (tertiary alicyclic amines) is 1. The van der Waals surface area contributed by atoms with Crippen LogP contribution < -0.4 is 11.3 Å². The highest BCUT2D eigenvalue weighted by Gasteiger charge is 2.29. The number of guanidine groups is 1. The molecule has 0 spiro atoms. The molecule has 1 fully saturated rings. The van der Waals surface area contributed by atoms with Crippen molar-refractivity contribution >= 4 is 5.96 Å². The van der Waals surface area contributed by atoms with Gasteiger partial charge in [-0.05, 0) is 32.6 Å². The lowest BCUT2D eigenvalue weighted by molar-refractivity contribution is 0.299. The number of rotatable bonds is 2. The van der Waals surface area contributed by atoms with Crippen LogP contribution >= 0.6 is 0 Å². The number of hydrogen-bond donors (Lipinski definition) is 2. The molecule has 1 rings (SSSR count). The molecule has 0 aromatic rings. The van der Waals surface area contributed by atoms with Gasteiger partial charge >= 0.3 is 0 Å². The molecule has 4 heteroatoms. The van der Waals surface area contributed by atoms with E-state index in [9.17, 15) is 0 Å². The van der Waals surface area contributed by atoms with Crippen LogP contribution in [0, 0.1) is 5.92 Å². The number of nitrogens with one attached hydrogen (secondary N) is 1. The van der Waals surface area contributed by atoms with Crippen molar-refractivity contribution < 1.29 is 0 Å². The SMILES string of the molecule is CC(C)N=C(NN)N1CCCC1C(C)C. The van der Waals surface area contributed by atoms with Gasteiger partial charge in [0.25, 0.3) is 0 Å². The Kier molecular flexibility index (Phi) is 4.39. The molecule has 0 amide bonds. The van der Waals surface area contributed by atoms with Gasteiger partial charge in [-0.2, -0.15) is 0 Å². The molecule has 1 aliphatic heterocycles. The first-order valence-electron chi connectivity index (χ1n) is 5.87. The van der Waals surface area contributed by atoms with Crippen molar-refractivity contribution in [1.82, 2.24) is 10.3 Å². The summed E-state index contributed by atoms with van der Waals surface area (Å²) in [4.78, 5) is 6.83. The molecule has 0 bridgehead atoms. The molecule has 3 N–H and O–H groups in total. The molecule has 1 unspecified atom stereocenters. The normalized spacial score (nSPS) is 23.0. The fourth-order valence-corrected chi connectivity index (χ4v) is 2.19. The molecule has 0 radical (unpaired) electrons. The summed E-state index contributed by atoms with van der Waals surface area (Å²) in [6, 6.07) is 0.864. The Morgan fingerprint density at radius 3 is 2.53 bits per heavy atom. The molecule has 1 heterocycles. The molecule has 1 atom stereocenters. The largest absolute Gasteiger partial charge is 0.339 e. The lowest BCUT2D eigenvalue weighted by Crippen LogP contribution is -2.48. The number of aliphatic imine (C=N–C) groups is 1. The Labute approximate surface area is 92.9 Å². The molecule has 15 heavy (non-hydrogen) atoms. The molecule has 1 saturated heterocycles. The number of nitrogens with zero attached hydrogens (tertiary/aromatic N) is 2. The van der Waals surface area contributed by atoms with Crippen molar-refractivity contribution in [3.63, 3.8) is 0 Å². The van der Waals surface area contributed by atoms with Gasteiger partial charge in [0.15, 0.2) is 0 Å². The van der Waals surface area contributed by atoms with Crippen molar-refractivity contribution in [2.24, 2.45) is 16.8 Å². The maximum atomic E-state index is 5.54. The minimum Gasteiger partial charge on any atom is -0.339 e. The zero-order chi connectivity index (χ0) is 11.4. The second-order valence-corrected chi connectivity index (χ2v) is 4.84. The average molecular weight is 212 g/mol. The van der Waals surface area contributed by atoms with E-state index >= 15 is 0 Å². The molecule has 1 aliphatic rings. The van der Waals surface area contributed by atoms with E-state index in [1.807, 2.05) is 0 Å². The number of hydrogen-bond acceptors (Lipinski definition) is 2. The fraction of sp³-hybridized carbons (Fsp3) is 0.909. The molecule has 4 nitrogen and oxygen atoms in total. The summed E-state index contributed by atoms with van der Waals surface area (Å²) in [5, 5.41) is 0. The zero-order valence-corrected chi connectivity index (χ0v) is 10.3. The summed E-state index contributed by atoms with van der Waals surface area (Å²) in [6.45, 7) is 9.72. The van der Waals surface area contributed by atoms with Gasteiger partial charge in [0, 0.05) is 18.6 Å². The highest BCUT2D eigenvalue weighted by molar-refractivity contribution is 5.80. The first-order valence-corrected chi connectivity index (χ1v) is 5.87. The highest BCUT2D eigenvalue weighted by Crippen LogP contribution is 2.23. The maximum absolute atomic E-state index is 5.54. The lowest BCUT2D eigenvalue weighted by atomic mass is 10.0. The second-order valence-electron chi connectivity index (χ2n) is 4.84. The van der Waals surface area contributed by atoms with Crippen molar-refractivity contribution in [2.45, 2.75) is 52.6 Å². The minimum absolute atomic E-state index is 0.282.